The summed E-state index contributed by atoms with van der Waals surface area (Å²) in [6, 6.07) is 5.62. The van der Waals surface area contributed by atoms with Crippen molar-refractivity contribution in [3.8, 4) is 5.75 Å². The lowest BCUT2D eigenvalue weighted by atomic mass is 10.1. The van der Waals surface area contributed by atoms with Crippen molar-refractivity contribution in [2.24, 2.45) is 5.92 Å². The second-order valence-corrected chi connectivity index (χ2v) is 5.54. The smallest absolute Gasteiger partial charge is 0.263 e. The second kappa shape index (κ2) is 4.76. The number of nitrogens with two attached hydrogens (primary N) is 1. The van der Waals surface area contributed by atoms with Crippen molar-refractivity contribution in [1.29, 1.82) is 0 Å². The molecule has 1 aliphatic heterocycles. The molecule has 1 heterocycles. The Hall–Kier alpha value is -1.71. The number of fused-ring (bicyclic) bond motifs is 1. The van der Waals surface area contributed by atoms with Crippen LogP contribution in [0.15, 0.2) is 18.2 Å². The van der Waals surface area contributed by atoms with E-state index in [-0.39, 0.29) is 12.0 Å². The minimum atomic E-state index is -0.358. The first kappa shape index (κ1) is 12.3. The first-order chi connectivity index (χ1) is 9.17. The Bertz CT molecular complexity index is 497. The molecule has 4 nitrogen and oxygen atoms in total. The number of nitrogens with zero attached hydrogens (tertiary/aromatic N) is 1. The first-order valence-electron chi connectivity index (χ1n) is 7.01. The number of anilines is 1. The summed E-state index contributed by atoms with van der Waals surface area (Å²) in [5, 5.41) is 0. The minimum Gasteiger partial charge on any atom is -0.480 e. The average Bonchev–Trinajstić information content (AvgIpc) is 3.20. The van der Waals surface area contributed by atoms with Crippen molar-refractivity contribution < 1.29 is 9.53 Å². The van der Waals surface area contributed by atoms with E-state index >= 15 is 0 Å². The van der Waals surface area contributed by atoms with E-state index in [1.165, 1.54) is 12.8 Å². The molecule has 3 rings (SSSR count). The minimum absolute atomic E-state index is 0.115. The Morgan fingerprint density at radius 3 is 2.89 bits per heavy atom. The van der Waals surface area contributed by atoms with Crippen molar-refractivity contribution in [2.45, 2.75) is 38.8 Å². The Morgan fingerprint density at radius 1 is 1.42 bits per heavy atom. The maximum atomic E-state index is 12.5. The normalized spacial score (nSPS) is 22.7. The lowest BCUT2D eigenvalue weighted by Crippen LogP contribution is -2.40. The fraction of sp³-hybridized carbons (Fsp3) is 0.533. The molecule has 1 aromatic carbocycles. The molecule has 1 unspecified atom stereocenters. The summed E-state index contributed by atoms with van der Waals surface area (Å²) in [7, 11) is 0. The van der Waals surface area contributed by atoms with Gasteiger partial charge in [0, 0.05) is 24.3 Å². The highest BCUT2D eigenvalue weighted by molar-refractivity contribution is 5.82. The van der Waals surface area contributed by atoms with Gasteiger partial charge in [-0.3, -0.25) is 4.79 Å². The zero-order valence-corrected chi connectivity index (χ0v) is 11.3. The number of carbonyl (C=O) groups excluding carboxylic acids is 1. The number of hydrogen-bond acceptors (Lipinski definition) is 3. The molecule has 1 amide bonds. The van der Waals surface area contributed by atoms with Gasteiger partial charge in [0.1, 0.15) is 5.75 Å². The molecule has 1 aromatic rings. The van der Waals surface area contributed by atoms with E-state index in [0.29, 0.717) is 18.9 Å². The van der Waals surface area contributed by atoms with Crippen LogP contribution in [0.5, 0.6) is 5.75 Å². The van der Waals surface area contributed by atoms with Crippen molar-refractivity contribution in [3.05, 3.63) is 23.8 Å². The van der Waals surface area contributed by atoms with Crippen molar-refractivity contribution in [2.75, 3.05) is 12.3 Å². The van der Waals surface area contributed by atoms with E-state index in [1.54, 1.807) is 0 Å². The fourth-order valence-electron chi connectivity index (χ4n) is 2.55. The van der Waals surface area contributed by atoms with E-state index in [4.69, 9.17) is 10.5 Å². The second-order valence-electron chi connectivity index (χ2n) is 5.54. The molecule has 2 N–H and O–H groups in total. The third-order valence-corrected chi connectivity index (χ3v) is 3.85. The zero-order valence-electron chi connectivity index (χ0n) is 11.3. The maximum absolute atomic E-state index is 12.5. The van der Waals surface area contributed by atoms with Gasteiger partial charge in [0.2, 0.25) is 0 Å². The van der Waals surface area contributed by atoms with Gasteiger partial charge >= 0.3 is 0 Å². The number of carbonyl (C=O) groups is 1. The van der Waals surface area contributed by atoms with Crippen LogP contribution in [-0.2, 0) is 11.3 Å². The number of amides is 1. The number of ether oxygens (including phenoxy) is 1. The molecule has 1 aliphatic carbocycles. The Labute approximate surface area is 113 Å². The van der Waals surface area contributed by atoms with Gasteiger partial charge in [0.05, 0.1) is 0 Å². The topological polar surface area (TPSA) is 55.6 Å². The average molecular weight is 260 g/mol. The van der Waals surface area contributed by atoms with Crippen LogP contribution in [0.2, 0.25) is 0 Å². The predicted octanol–water partition coefficient (Wildman–Crippen LogP) is 2.18. The molecular formula is C15H20N2O2. The Morgan fingerprint density at radius 2 is 2.21 bits per heavy atom. The van der Waals surface area contributed by atoms with Gasteiger partial charge in [0.25, 0.3) is 5.91 Å². The molecule has 2 aliphatic rings. The van der Waals surface area contributed by atoms with Gasteiger partial charge < -0.3 is 15.4 Å². The van der Waals surface area contributed by atoms with E-state index in [1.807, 2.05) is 30.0 Å². The van der Waals surface area contributed by atoms with Crippen molar-refractivity contribution >= 4 is 11.6 Å². The number of nitrogen functional groups attached to an aromatic ring is 1. The van der Waals surface area contributed by atoms with Gasteiger partial charge in [0.15, 0.2) is 6.10 Å². The molecular weight excluding hydrogens is 240 g/mol. The molecule has 102 valence electrons. The monoisotopic (exact) mass is 260 g/mol. The van der Waals surface area contributed by atoms with Crippen molar-refractivity contribution in [1.82, 2.24) is 4.90 Å². The van der Waals surface area contributed by atoms with Crippen LogP contribution in [-0.4, -0.2) is 23.5 Å². The summed E-state index contributed by atoms with van der Waals surface area (Å²) in [4.78, 5) is 14.4. The fourth-order valence-corrected chi connectivity index (χ4v) is 2.55. The summed E-state index contributed by atoms with van der Waals surface area (Å²) in [6.45, 7) is 3.46. The predicted molar refractivity (Wildman–Crippen MR) is 73.7 cm³/mol. The summed E-state index contributed by atoms with van der Waals surface area (Å²) >= 11 is 0. The van der Waals surface area contributed by atoms with E-state index in [2.05, 4.69) is 0 Å². The molecule has 0 spiro atoms. The van der Waals surface area contributed by atoms with Crippen LogP contribution in [0.3, 0.4) is 0 Å². The maximum Gasteiger partial charge on any atom is 0.263 e. The highest BCUT2D eigenvalue weighted by Gasteiger charge is 2.33. The highest BCUT2D eigenvalue weighted by atomic mass is 16.5. The number of benzene rings is 1. The largest absolute Gasteiger partial charge is 0.480 e. The van der Waals surface area contributed by atoms with Gasteiger partial charge in [-0.05, 0) is 43.4 Å². The highest BCUT2D eigenvalue weighted by Crippen LogP contribution is 2.33. The zero-order chi connectivity index (χ0) is 13.4. The van der Waals surface area contributed by atoms with Crippen LogP contribution >= 0.6 is 0 Å². The van der Waals surface area contributed by atoms with Crippen LogP contribution in [0.25, 0.3) is 0 Å². The summed E-state index contributed by atoms with van der Waals surface area (Å²) in [5.74, 6) is 1.60. The quantitative estimate of drug-likeness (QED) is 0.847. The summed E-state index contributed by atoms with van der Waals surface area (Å²) in [6.07, 6.45) is 2.82. The molecule has 1 atom stereocenters. The molecule has 4 heteroatoms. The van der Waals surface area contributed by atoms with Crippen LogP contribution < -0.4 is 10.5 Å². The Kier molecular flexibility index (Phi) is 3.09. The number of rotatable bonds is 3. The Balaban J connectivity index is 1.91. The number of hydrogen-bond donors (Lipinski definition) is 1. The molecule has 0 bridgehead atoms. The van der Waals surface area contributed by atoms with E-state index in [9.17, 15) is 4.79 Å². The van der Waals surface area contributed by atoms with E-state index < -0.39 is 0 Å². The lowest BCUT2D eigenvalue weighted by molar-refractivity contribution is -0.138. The first-order valence-corrected chi connectivity index (χ1v) is 7.01. The van der Waals surface area contributed by atoms with Gasteiger partial charge in [-0.1, -0.05) is 6.92 Å². The SMILES string of the molecule is CCC1Oc2ccc(N)cc2CN(CC2CC2)C1=O. The van der Waals surface area contributed by atoms with Gasteiger partial charge in [-0.15, -0.1) is 0 Å². The summed E-state index contributed by atoms with van der Waals surface area (Å²) in [5.41, 5.74) is 7.57. The van der Waals surface area contributed by atoms with E-state index in [0.717, 1.165) is 23.5 Å². The van der Waals surface area contributed by atoms with Crippen LogP contribution in [0.1, 0.15) is 31.7 Å². The standard InChI is InChI=1S/C15H20N2O2/c1-2-13-15(18)17(8-10-3-4-10)9-11-7-12(16)5-6-14(11)19-13/h5-7,10,13H,2-4,8-9,16H2,1H3. The van der Waals surface area contributed by atoms with Gasteiger partial charge in [-0.2, -0.15) is 0 Å². The van der Waals surface area contributed by atoms with Gasteiger partial charge in [-0.25, -0.2) is 0 Å². The molecule has 0 saturated heterocycles. The lowest BCUT2D eigenvalue weighted by Gasteiger charge is -2.23. The van der Waals surface area contributed by atoms with Crippen LogP contribution in [0, 0.1) is 5.92 Å². The molecule has 19 heavy (non-hydrogen) atoms. The summed E-state index contributed by atoms with van der Waals surface area (Å²) < 4.78 is 5.86. The van der Waals surface area contributed by atoms with Crippen molar-refractivity contribution in [3.63, 3.8) is 0 Å². The van der Waals surface area contributed by atoms with Crippen LogP contribution in [0.4, 0.5) is 5.69 Å². The molecule has 1 saturated carbocycles. The third-order valence-electron chi connectivity index (χ3n) is 3.85. The third kappa shape index (κ3) is 2.53. The molecule has 0 radical (unpaired) electrons. The molecule has 1 fully saturated rings. The molecule has 0 aromatic heterocycles.